The zero-order valence-corrected chi connectivity index (χ0v) is 14.3. The van der Waals surface area contributed by atoms with Crippen LogP contribution in [-0.4, -0.2) is 73.4 Å². The van der Waals surface area contributed by atoms with E-state index < -0.39 is 0 Å². The predicted molar refractivity (Wildman–Crippen MR) is 88.1 cm³/mol. The van der Waals surface area contributed by atoms with Gasteiger partial charge in [-0.05, 0) is 6.07 Å². The summed E-state index contributed by atoms with van der Waals surface area (Å²) < 4.78 is 5.40. The molecule has 0 saturated carbocycles. The van der Waals surface area contributed by atoms with Crippen molar-refractivity contribution in [1.29, 1.82) is 0 Å². The lowest BCUT2D eigenvalue weighted by Crippen LogP contribution is -2.59. The van der Waals surface area contributed by atoms with Gasteiger partial charge in [0.25, 0.3) is 0 Å². The first kappa shape index (κ1) is 17.3. The van der Waals surface area contributed by atoms with E-state index in [1.54, 1.807) is 37.9 Å². The number of carbonyl (C=O) groups excluding carboxylic acids is 2. The second-order valence-corrected chi connectivity index (χ2v) is 6.00. The maximum absolute atomic E-state index is 12.5. The number of ether oxygens (including phenoxy) is 1. The van der Waals surface area contributed by atoms with Crippen molar-refractivity contribution in [3.63, 3.8) is 0 Å². The number of para-hydroxylation sites is 1. The van der Waals surface area contributed by atoms with Gasteiger partial charge in [0.15, 0.2) is 0 Å². The van der Waals surface area contributed by atoms with Crippen molar-refractivity contribution in [3.8, 4) is 5.75 Å². The Labute approximate surface area is 137 Å². The fraction of sp³-hybridized carbons (Fsp3) is 0.529. The van der Waals surface area contributed by atoms with E-state index in [4.69, 9.17) is 4.74 Å². The lowest BCUT2D eigenvalue weighted by Gasteiger charge is -2.41. The van der Waals surface area contributed by atoms with Crippen molar-refractivity contribution in [1.82, 2.24) is 14.7 Å². The van der Waals surface area contributed by atoms with Crippen LogP contribution >= 0.6 is 0 Å². The molecule has 0 radical (unpaired) electrons. The highest BCUT2D eigenvalue weighted by atomic mass is 16.5. The maximum Gasteiger partial charge on any atom is 0.241 e. The van der Waals surface area contributed by atoms with Gasteiger partial charge in [-0.3, -0.25) is 14.5 Å². The van der Waals surface area contributed by atoms with Crippen molar-refractivity contribution in [2.75, 3.05) is 40.8 Å². The zero-order chi connectivity index (χ0) is 17.0. The number of methoxy groups -OCH3 is 1. The summed E-state index contributed by atoms with van der Waals surface area (Å²) in [4.78, 5) is 29.7. The van der Waals surface area contributed by atoms with E-state index in [0.29, 0.717) is 26.2 Å². The van der Waals surface area contributed by atoms with Crippen molar-refractivity contribution in [3.05, 3.63) is 29.8 Å². The molecule has 0 N–H and O–H groups in total. The summed E-state index contributed by atoms with van der Waals surface area (Å²) >= 11 is 0. The Morgan fingerprint density at radius 2 is 1.96 bits per heavy atom. The Balaban J connectivity index is 2.21. The monoisotopic (exact) mass is 319 g/mol. The summed E-state index contributed by atoms with van der Waals surface area (Å²) in [6.45, 7) is 3.91. The molecule has 0 aliphatic carbocycles. The topological polar surface area (TPSA) is 53.1 Å². The van der Waals surface area contributed by atoms with Crippen LogP contribution in [0, 0.1) is 0 Å². The molecule has 1 saturated heterocycles. The zero-order valence-electron chi connectivity index (χ0n) is 14.3. The highest BCUT2D eigenvalue weighted by molar-refractivity contribution is 5.83. The van der Waals surface area contributed by atoms with E-state index >= 15 is 0 Å². The third-order valence-electron chi connectivity index (χ3n) is 4.23. The number of hydrogen-bond acceptors (Lipinski definition) is 4. The largest absolute Gasteiger partial charge is 0.496 e. The normalized spacial score (nSPS) is 18.6. The standard InChI is InChI=1S/C17H25N3O3/c1-13(21)19-9-10-20(15(12-19)17(22)18(2)3)11-14-7-5-6-8-16(14)23-4/h5-8,15H,9-12H2,1-4H3/t15-/m0/s1. The molecule has 6 nitrogen and oxygen atoms in total. The fourth-order valence-corrected chi connectivity index (χ4v) is 2.88. The summed E-state index contributed by atoms with van der Waals surface area (Å²) in [7, 11) is 5.14. The second-order valence-electron chi connectivity index (χ2n) is 6.00. The molecule has 126 valence electrons. The molecule has 0 spiro atoms. The summed E-state index contributed by atoms with van der Waals surface area (Å²) in [5, 5.41) is 0. The fourth-order valence-electron chi connectivity index (χ4n) is 2.88. The summed E-state index contributed by atoms with van der Waals surface area (Å²) in [6.07, 6.45) is 0. The number of carbonyl (C=O) groups is 2. The average molecular weight is 319 g/mol. The van der Waals surface area contributed by atoms with Gasteiger partial charge in [-0.25, -0.2) is 0 Å². The van der Waals surface area contributed by atoms with E-state index in [1.165, 1.54) is 0 Å². The first-order valence-electron chi connectivity index (χ1n) is 7.76. The minimum atomic E-state index is -0.326. The van der Waals surface area contributed by atoms with Crippen molar-refractivity contribution >= 4 is 11.8 Å². The third-order valence-corrected chi connectivity index (χ3v) is 4.23. The van der Waals surface area contributed by atoms with Crippen LogP contribution in [0.15, 0.2) is 24.3 Å². The van der Waals surface area contributed by atoms with Crippen LogP contribution in [0.3, 0.4) is 0 Å². The van der Waals surface area contributed by atoms with Crippen LogP contribution in [0.25, 0.3) is 0 Å². The van der Waals surface area contributed by atoms with E-state index in [1.807, 2.05) is 24.3 Å². The van der Waals surface area contributed by atoms with Gasteiger partial charge >= 0.3 is 0 Å². The Kier molecular flexibility index (Phi) is 5.60. The molecule has 1 atom stereocenters. The maximum atomic E-state index is 12.5. The molecule has 2 amide bonds. The van der Waals surface area contributed by atoms with E-state index in [9.17, 15) is 9.59 Å². The number of rotatable bonds is 4. The number of benzene rings is 1. The summed E-state index contributed by atoms with van der Waals surface area (Å²) in [6, 6.07) is 7.50. The number of hydrogen-bond donors (Lipinski definition) is 0. The molecule has 6 heteroatoms. The van der Waals surface area contributed by atoms with Gasteiger partial charge in [-0.2, -0.15) is 0 Å². The van der Waals surface area contributed by atoms with Crippen LogP contribution in [-0.2, 0) is 16.1 Å². The molecule has 1 aliphatic heterocycles. The van der Waals surface area contributed by atoms with E-state index in [2.05, 4.69) is 4.90 Å². The molecule has 1 aromatic carbocycles. The Hall–Kier alpha value is -2.08. The number of amides is 2. The third kappa shape index (κ3) is 4.01. The van der Waals surface area contributed by atoms with Gasteiger partial charge in [0.1, 0.15) is 11.8 Å². The molecule has 23 heavy (non-hydrogen) atoms. The first-order valence-corrected chi connectivity index (χ1v) is 7.76. The van der Waals surface area contributed by atoms with E-state index in [-0.39, 0.29) is 17.9 Å². The highest BCUT2D eigenvalue weighted by Crippen LogP contribution is 2.22. The molecule has 2 rings (SSSR count). The molecular weight excluding hydrogens is 294 g/mol. The Morgan fingerprint density at radius 3 is 2.57 bits per heavy atom. The van der Waals surface area contributed by atoms with Crippen LogP contribution in [0.4, 0.5) is 0 Å². The first-order chi connectivity index (χ1) is 10.9. The number of likely N-dealkylation sites (N-methyl/N-ethyl adjacent to an activating group) is 1. The number of nitrogens with zero attached hydrogens (tertiary/aromatic N) is 3. The van der Waals surface area contributed by atoms with Crippen LogP contribution in [0.2, 0.25) is 0 Å². The lowest BCUT2D eigenvalue weighted by atomic mass is 10.1. The SMILES string of the molecule is COc1ccccc1CN1CCN(C(C)=O)C[C@H]1C(=O)N(C)C. The van der Waals surface area contributed by atoms with Gasteiger partial charge in [0, 0.05) is 52.8 Å². The van der Waals surface area contributed by atoms with Crippen molar-refractivity contribution in [2.45, 2.75) is 19.5 Å². The van der Waals surface area contributed by atoms with Crippen LogP contribution in [0.1, 0.15) is 12.5 Å². The molecule has 1 aromatic rings. The minimum Gasteiger partial charge on any atom is -0.496 e. The predicted octanol–water partition coefficient (Wildman–Crippen LogP) is 0.816. The van der Waals surface area contributed by atoms with Crippen LogP contribution < -0.4 is 4.74 Å². The molecule has 0 aromatic heterocycles. The average Bonchev–Trinajstić information content (AvgIpc) is 2.54. The molecule has 0 unspecified atom stereocenters. The molecule has 0 bridgehead atoms. The molecule has 1 fully saturated rings. The quantitative estimate of drug-likeness (QED) is 0.824. The van der Waals surface area contributed by atoms with Gasteiger partial charge in [-0.1, -0.05) is 18.2 Å². The smallest absolute Gasteiger partial charge is 0.241 e. The van der Waals surface area contributed by atoms with Crippen molar-refractivity contribution < 1.29 is 14.3 Å². The summed E-state index contributed by atoms with van der Waals surface area (Å²) in [5.41, 5.74) is 1.04. The summed E-state index contributed by atoms with van der Waals surface area (Å²) in [5.74, 6) is 0.849. The molecule has 1 aliphatic rings. The second kappa shape index (κ2) is 7.46. The highest BCUT2D eigenvalue weighted by Gasteiger charge is 2.34. The van der Waals surface area contributed by atoms with Gasteiger partial charge < -0.3 is 14.5 Å². The Morgan fingerprint density at radius 1 is 1.26 bits per heavy atom. The van der Waals surface area contributed by atoms with Crippen LogP contribution in [0.5, 0.6) is 5.75 Å². The van der Waals surface area contributed by atoms with Gasteiger partial charge in [0.2, 0.25) is 11.8 Å². The van der Waals surface area contributed by atoms with Gasteiger partial charge in [-0.15, -0.1) is 0 Å². The van der Waals surface area contributed by atoms with E-state index in [0.717, 1.165) is 11.3 Å². The number of piperazine rings is 1. The lowest BCUT2D eigenvalue weighted by molar-refractivity contribution is -0.141. The Bertz CT molecular complexity index is 574. The molecular formula is C17H25N3O3. The van der Waals surface area contributed by atoms with Gasteiger partial charge in [0.05, 0.1) is 7.11 Å². The molecule has 1 heterocycles. The van der Waals surface area contributed by atoms with Crippen molar-refractivity contribution in [2.24, 2.45) is 0 Å². The minimum absolute atomic E-state index is 0.0125.